The number of H-pyrrole nitrogens is 1. The number of nitrogens with one attached hydrogen (secondary N) is 1. The molecule has 0 spiro atoms. The Hall–Kier alpha value is -1.24. The first-order valence-electron chi connectivity index (χ1n) is 4.88. The minimum absolute atomic E-state index is 1.17. The standard InChI is InChI=1S/C12H15N/c1-3-4-10-5-6-11-7-9(2)13-12(11)8-10/h5-8,13H,3-4H2,1-2H3. The summed E-state index contributed by atoms with van der Waals surface area (Å²) in [5.74, 6) is 0. The van der Waals surface area contributed by atoms with E-state index in [1.54, 1.807) is 0 Å². The van der Waals surface area contributed by atoms with Crippen LogP contribution in [0.2, 0.25) is 0 Å². The monoisotopic (exact) mass is 173 g/mol. The molecule has 1 N–H and O–H groups in total. The van der Waals surface area contributed by atoms with Crippen LogP contribution in [0.3, 0.4) is 0 Å². The number of fused-ring (bicyclic) bond motifs is 1. The van der Waals surface area contributed by atoms with E-state index in [9.17, 15) is 0 Å². The van der Waals surface area contributed by atoms with Gasteiger partial charge in [0.15, 0.2) is 0 Å². The Morgan fingerprint density at radius 1 is 1.23 bits per heavy atom. The van der Waals surface area contributed by atoms with Crippen LogP contribution < -0.4 is 0 Å². The summed E-state index contributed by atoms with van der Waals surface area (Å²) in [4.78, 5) is 3.36. The average Bonchev–Trinajstić information content (AvgIpc) is 2.44. The molecule has 1 heteroatoms. The smallest absolute Gasteiger partial charge is 0.0458 e. The molecule has 0 aliphatic rings. The Labute approximate surface area is 78.8 Å². The first-order chi connectivity index (χ1) is 6.29. The zero-order valence-corrected chi connectivity index (χ0v) is 8.22. The van der Waals surface area contributed by atoms with Crippen molar-refractivity contribution in [1.29, 1.82) is 0 Å². The summed E-state index contributed by atoms with van der Waals surface area (Å²) >= 11 is 0. The minimum Gasteiger partial charge on any atom is -0.359 e. The molecule has 0 fully saturated rings. The molecular formula is C12H15N. The molecule has 1 aromatic carbocycles. The highest BCUT2D eigenvalue weighted by molar-refractivity contribution is 5.80. The summed E-state index contributed by atoms with van der Waals surface area (Å²) in [5.41, 5.74) is 3.93. The predicted octanol–water partition coefficient (Wildman–Crippen LogP) is 3.43. The predicted molar refractivity (Wildman–Crippen MR) is 57.0 cm³/mol. The molecule has 2 rings (SSSR count). The fourth-order valence-corrected chi connectivity index (χ4v) is 1.76. The van der Waals surface area contributed by atoms with Crippen molar-refractivity contribution in [2.45, 2.75) is 26.7 Å². The molecule has 1 aromatic heterocycles. The van der Waals surface area contributed by atoms with Gasteiger partial charge in [-0.25, -0.2) is 0 Å². The second-order valence-electron chi connectivity index (χ2n) is 3.62. The van der Waals surface area contributed by atoms with E-state index in [1.165, 1.54) is 35.0 Å². The number of aryl methyl sites for hydroxylation is 2. The van der Waals surface area contributed by atoms with Gasteiger partial charge in [-0.3, -0.25) is 0 Å². The largest absolute Gasteiger partial charge is 0.359 e. The number of aromatic nitrogens is 1. The van der Waals surface area contributed by atoms with Gasteiger partial charge >= 0.3 is 0 Å². The van der Waals surface area contributed by atoms with Crippen LogP contribution >= 0.6 is 0 Å². The Morgan fingerprint density at radius 3 is 2.85 bits per heavy atom. The van der Waals surface area contributed by atoms with Gasteiger partial charge in [0.1, 0.15) is 0 Å². The number of rotatable bonds is 2. The molecule has 0 radical (unpaired) electrons. The normalized spacial score (nSPS) is 10.9. The highest BCUT2D eigenvalue weighted by Crippen LogP contribution is 2.17. The van der Waals surface area contributed by atoms with E-state index in [-0.39, 0.29) is 0 Å². The lowest BCUT2D eigenvalue weighted by Crippen LogP contribution is -1.81. The maximum atomic E-state index is 3.36. The number of benzene rings is 1. The Kier molecular flexibility index (Phi) is 2.09. The van der Waals surface area contributed by atoms with Gasteiger partial charge in [0.2, 0.25) is 0 Å². The molecule has 0 atom stereocenters. The van der Waals surface area contributed by atoms with Gasteiger partial charge in [0.05, 0.1) is 0 Å². The van der Waals surface area contributed by atoms with E-state index in [0.29, 0.717) is 0 Å². The van der Waals surface area contributed by atoms with Crippen LogP contribution in [0.1, 0.15) is 24.6 Å². The van der Waals surface area contributed by atoms with E-state index in [2.05, 4.69) is 43.1 Å². The topological polar surface area (TPSA) is 15.8 Å². The first-order valence-corrected chi connectivity index (χ1v) is 4.88. The van der Waals surface area contributed by atoms with E-state index in [4.69, 9.17) is 0 Å². The fourth-order valence-electron chi connectivity index (χ4n) is 1.76. The molecule has 1 heterocycles. The van der Waals surface area contributed by atoms with Gasteiger partial charge in [-0.15, -0.1) is 0 Å². The summed E-state index contributed by atoms with van der Waals surface area (Å²) in [6, 6.07) is 8.86. The van der Waals surface area contributed by atoms with E-state index in [0.717, 1.165) is 0 Å². The molecule has 2 aromatic rings. The third kappa shape index (κ3) is 1.59. The summed E-state index contributed by atoms with van der Waals surface area (Å²) < 4.78 is 0. The average molecular weight is 173 g/mol. The molecule has 0 saturated heterocycles. The zero-order chi connectivity index (χ0) is 9.26. The second kappa shape index (κ2) is 3.25. The van der Waals surface area contributed by atoms with Crippen molar-refractivity contribution in [3.8, 4) is 0 Å². The van der Waals surface area contributed by atoms with Gasteiger partial charge in [-0.05, 0) is 36.4 Å². The van der Waals surface area contributed by atoms with E-state index in [1.807, 2.05) is 0 Å². The molecular weight excluding hydrogens is 158 g/mol. The van der Waals surface area contributed by atoms with Crippen molar-refractivity contribution in [2.75, 3.05) is 0 Å². The van der Waals surface area contributed by atoms with Crippen LogP contribution in [0.4, 0.5) is 0 Å². The quantitative estimate of drug-likeness (QED) is 0.716. The number of aromatic amines is 1. The number of hydrogen-bond donors (Lipinski definition) is 1. The summed E-state index contributed by atoms with van der Waals surface area (Å²) in [7, 11) is 0. The Morgan fingerprint density at radius 2 is 2.08 bits per heavy atom. The second-order valence-corrected chi connectivity index (χ2v) is 3.62. The molecule has 13 heavy (non-hydrogen) atoms. The zero-order valence-electron chi connectivity index (χ0n) is 8.22. The molecule has 0 bridgehead atoms. The molecule has 0 saturated carbocycles. The van der Waals surface area contributed by atoms with Crippen LogP contribution in [0, 0.1) is 6.92 Å². The SMILES string of the molecule is CCCc1ccc2cc(C)[nH]c2c1. The van der Waals surface area contributed by atoms with Crippen molar-refractivity contribution >= 4 is 10.9 Å². The molecule has 0 aliphatic carbocycles. The molecule has 0 amide bonds. The van der Waals surface area contributed by atoms with Crippen LogP contribution in [0.15, 0.2) is 24.3 Å². The first kappa shape index (κ1) is 8.36. The highest BCUT2D eigenvalue weighted by Gasteiger charge is 1.98. The fraction of sp³-hybridized carbons (Fsp3) is 0.333. The van der Waals surface area contributed by atoms with Crippen molar-refractivity contribution in [3.63, 3.8) is 0 Å². The van der Waals surface area contributed by atoms with Crippen molar-refractivity contribution < 1.29 is 0 Å². The number of hydrogen-bond acceptors (Lipinski definition) is 0. The van der Waals surface area contributed by atoms with E-state index >= 15 is 0 Å². The molecule has 0 unspecified atom stereocenters. The third-order valence-electron chi connectivity index (χ3n) is 2.36. The van der Waals surface area contributed by atoms with Gasteiger partial charge in [-0.1, -0.05) is 25.5 Å². The lowest BCUT2D eigenvalue weighted by Gasteiger charge is -1.97. The lowest BCUT2D eigenvalue weighted by molar-refractivity contribution is 0.923. The Bertz CT molecular complexity index is 412. The Balaban J connectivity index is 2.48. The van der Waals surface area contributed by atoms with Gasteiger partial charge in [-0.2, -0.15) is 0 Å². The summed E-state index contributed by atoms with van der Waals surface area (Å²) in [6.45, 7) is 4.31. The van der Waals surface area contributed by atoms with Crippen molar-refractivity contribution in [1.82, 2.24) is 4.98 Å². The van der Waals surface area contributed by atoms with E-state index < -0.39 is 0 Å². The lowest BCUT2D eigenvalue weighted by atomic mass is 10.1. The van der Waals surface area contributed by atoms with Crippen molar-refractivity contribution in [2.24, 2.45) is 0 Å². The maximum absolute atomic E-state index is 3.36. The maximum Gasteiger partial charge on any atom is 0.0458 e. The summed E-state index contributed by atoms with van der Waals surface area (Å²) in [5, 5.41) is 1.32. The van der Waals surface area contributed by atoms with Crippen molar-refractivity contribution in [3.05, 3.63) is 35.5 Å². The van der Waals surface area contributed by atoms with Crippen LogP contribution in [0.5, 0.6) is 0 Å². The van der Waals surface area contributed by atoms with Crippen LogP contribution in [0.25, 0.3) is 10.9 Å². The van der Waals surface area contributed by atoms with Gasteiger partial charge in [0, 0.05) is 11.2 Å². The highest BCUT2D eigenvalue weighted by atomic mass is 14.7. The van der Waals surface area contributed by atoms with Gasteiger partial charge < -0.3 is 4.98 Å². The van der Waals surface area contributed by atoms with Gasteiger partial charge in [0.25, 0.3) is 0 Å². The summed E-state index contributed by atoms with van der Waals surface area (Å²) in [6.07, 6.45) is 2.39. The molecule has 0 aliphatic heterocycles. The third-order valence-corrected chi connectivity index (χ3v) is 2.36. The van der Waals surface area contributed by atoms with Crippen LogP contribution in [-0.4, -0.2) is 4.98 Å². The molecule has 1 nitrogen and oxygen atoms in total. The molecule has 68 valence electrons. The van der Waals surface area contributed by atoms with Crippen LogP contribution in [-0.2, 0) is 6.42 Å². The minimum atomic E-state index is 1.17.